The number of ether oxygens (including phenoxy) is 1. The summed E-state index contributed by atoms with van der Waals surface area (Å²) in [7, 11) is 0. The van der Waals surface area contributed by atoms with Crippen LogP contribution < -0.4 is 10.2 Å². The number of aryl methyl sites for hydroxylation is 1. The van der Waals surface area contributed by atoms with Gasteiger partial charge in [0.05, 0.1) is 21.3 Å². The van der Waals surface area contributed by atoms with Crippen molar-refractivity contribution in [1.29, 1.82) is 0 Å². The molecule has 0 unspecified atom stereocenters. The van der Waals surface area contributed by atoms with Crippen molar-refractivity contribution in [3.8, 4) is 5.75 Å². The maximum Gasteiger partial charge on any atom is 0.277 e. The Balaban J connectivity index is 1.85. The first kappa shape index (κ1) is 16.7. The molecule has 2 aromatic rings. The molecule has 0 saturated carbocycles. The molecule has 0 spiro atoms. The average Bonchev–Trinajstić information content (AvgIpc) is 2.87. The molecule has 1 N–H and O–H groups in total. The highest BCUT2D eigenvalue weighted by Crippen LogP contribution is 2.33. The summed E-state index contributed by atoms with van der Waals surface area (Å²) in [6.45, 7) is 1.54. The topological polar surface area (TPSA) is 63.8 Å². The Morgan fingerprint density at radius 2 is 2.00 bits per heavy atom. The van der Waals surface area contributed by atoms with Gasteiger partial charge in [0.2, 0.25) is 0 Å². The van der Waals surface area contributed by atoms with Crippen LogP contribution in [0.2, 0.25) is 15.1 Å². The fourth-order valence-corrected chi connectivity index (χ4v) is 2.07. The Kier molecular flexibility index (Phi) is 5.71. The van der Waals surface area contributed by atoms with Crippen LogP contribution in [0.1, 0.15) is 11.5 Å². The van der Waals surface area contributed by atoms with Crippen LogP contribution in [0.4, 0.5) is 0 Å². The van der Waals surface area contributed by atoms with Crippen LogP contribution in [0.5, 0.6) is 5.75 Å². The molecule has 8 heteroatoms. The van der Waals surface area contributed by atoms with Gasteiger partial charge in [-0.3, -0.25) is 4.79 Å². The molecule has 0 atom stereocenters. The third kappa shape index (κ3) is 4.66. The van der Waals surface area contributed by atoms with Crippen molar-refractivity contribution in [2.45, 2.75) is 6.92 Å². The molecule has 116 valence electrons. The van der Waals surface area contributed by atoms with Gasteiger partial charge in [0, 0.05) is 6.07 Å². The van der Waals surface area contributed by atoms with Crippen LogP contribution in [-0.2, 0) is 4.79 Å². The minimum absolute atomic E-state index is 0.261. The van der Waals surface area contributed by atoms with Crippen LogP contribution in [0.15, 0.2) is 33.8 Å². The molecule has 22 heavy (non-hydrogen) atoms. The van der Waals surface area contributed by atoms with E-state index < -0.39 is 5.91 Å². The summed E-state index contributed by atoms with van der Waals surface area (Å²) < 4.78 is 10.5. The molecule has 0 fully saturated rings. The molecule has 0 aliphatic heterocycles. The van der Waals surface area contributed by atoms with Gasteiger partial charge in [-0.05, 0) is 25.1 Å². The summed E-state index contributed by atoms with van der Waals surface area (Å²) in [5.41, 5.74) is 2.30. The van der Waals surface area contributed by atoms with E-state index in [-0.39, 0.29) is 22.4 Å². The molecule has 0 radical (unpaired) electrons. The van der Waals surface area contributed by atoms with Gasteiger partial charge in [-0.2, -0.15) is 5.10 Å². The smallest absolute Gasteiger partial charge is 0.277 e. The number of nitrogens with one attached hydrogen (secondary N) is 1. The molecule has 1 aromatic carbocycles. The Labute approximate surface area is 141 Å². The molecule has 5 nitrogen and oxygen atoms in total. The average molecular weight is 362 g/mol. The fraction of sp³-hybridized carbons (Fsp3) is 0.143. The van der Waals surface area contributed by atoms with Gasteiger partial charge in [-0.15, -0.1) is 0 Å². The van der Waals surface area contributed by atoms with E-state index >= 15 is 0 Å². The van der Waals surface area contributed by atoms with Crippen LogP contribution in [0, 0.1) is 6.92 Å². The Morgan fingerprint density at radius 3 is 2.68 bits per heavy atom. The number of furan rings is 1. The minimum atomic E-state index is -0.457. The zero-order valence-electron chi connectivity index (χ0n) is 11.4. The zero-order chi connectivity index (χ0) is 16.1. The highest BCUT2D eigenvalue weighted by atomic mass is 35.5. The lowest BCUT2D eigenvalue weighted by Gasteiger charge is -2.08. The number of amides is 1. The van der Waals surface area contributed by atoms with Crippen molar-refractivity contribution in [2.75, 3.05) is 6.61 Å². The van der Waals surface area contributed by atoms with Gasteiger partial charge in [-0.25, -0.2) is 5.43 Å². The summed E-state index contributed by atoms with van der Waals surface area (Å²) in [6.07, 6.45) is 1.39. The highest BCUT2D eigenvalue weighted by Gasteiger charge is 2.09. The van der Waals surface area contributed by atoms with Gasteiger partial charge in [0.1, 0.15) is 17.3 Å². The van der Waals surface area contributed by atoms with E-state index in [9.17, 15) is 4.79 Å². The monoisotopic (exact) mass is 360 g/mol. The van der Waals surface area contributed by atoms with E-state index in [4.69, 9.17) is 44.0 Å². The second-order valence-electron chi connectivity index (χ2n) is 4.23. The molecule has 1 aromatic heterocycles. The summed E-state index contributed by atoms with van der Waals surface area (Å²) >= 11 is 17.6. The summed E-state index contributed by atoms with van der Waals surface area (Å²) in [6, 6.07) is 6.40. The summed E-state index contributed by atoms with van der Waals surface area (Å²) in [5, 5.41) is 4.60. The van der Waals surface area contributed by atoms with Gasteiger partial charge in [-0.1, -0.05) is 34.8 Å². The van der Waals surface area contributed by atoms with E-state index in [1.165, 1.54) is 18.3 Å². The van der Waals surface area contributed by atoms with Crippen molar-refractivity contribution in [3.63, 3.8) is 0 Å². The number of rotatable bonds is 5. The first-order valence-electron chi connectivity index (χ1n) is 6.11. The molecular formula is C14H11Cl3N2O3. The molecular weight excluding hydrogens is 351 g/mol. The van der Waals surface area contributed by atoms with Crippen molar-refractivity contribution < 1.29 is 13.9 Å². The maximum atomic E-state index is 11.6. The van der Waals surface area contributed by atoms with E-state index in [1.807, 2.05) is 6.92 Å². The molecule has 2 rings (SSSR count). The molecule has 0 saturated heterocycles. The van der Waals surface area contributed by atoms with Crippen LogP contribution >= 0.6 is 34.8 Å². The lowest BCUT2D eigenvalue weighted by atomic mass is 10.3. The van der Waals surface area contributed by atoms with Gasteiger partial charge in [0.15, 0.2) is 6.61 Å². The second kappa shape index (κ2) is 7.54. The fourth-order valence-electron chi connectivity index (χ4n) is 1.48. The number of halogens is 3. The van der Waals surface area contributed by atoms with Crippen LogP contribution in [0.25, 0.3) is 0 Å². The number of hydrazone groups is 1. The summed E-state index contributed by atoms with van der Waals surface area (Å²) in [4.78, 5) is 11.6. The highest BCUT2D eigenvalue weighted by molar-refractivity contribution is 6.43. The lowest BCUT2D eigenvalue weighted by molar-refractivity contribution is -0.123. The van der Waals surface area contributed by atoms with E-state index in [0.29, 0.717) is 10.8 Å². The van der Waals surface area contributed by atoms with Crippen molar-refractivity contribution in [1.82, 2.24) is 5.43 Å². The number of nitrogens with zero attached hydrogens (tertiary/aromatic N) is 1. The zero-order valence-corrected chi connectivity index (χ0v) is 13.7. The molecule has 0 aliphatic carbocycles. The largest absolute Gasteiger partial charge is 0.482 e. The maximum absolute atomic E-state index is 11.6. The van der Waals surface area contributed by atoms with E-state index in [2.05, 4.69) is 10.5 Å². The Hall–Kier alpha value is -1.69. The molecule has 1 heterocycles. The molecule has 0 aliphatic rings. The van der Waals surface area contributed by atoms with Gasteiger partial charge >= 0.3 is 0 Å². The van der Waals surface area contributed by atoms with E-state index in [1.54, 1.807) is 12.1 Å². The van der Waals surface area contributed by atoms with Crippen molar-refractivity contribution >= 4 is 46.9 Å². The number of carbonyl (C=O) groups is 1. The third-order valence-electron chi connectivity index (χ3n) is 2.48. The van der Waals surface area contributed by atoms with Crippen molar-refractivity contribution in [2.24, 2.45) is 5.10 Å². The lowest BCUT2D eigenvalue weighted by Crippen LogP contribution is -2.24. The number of hydrogen-bond acceptors (Lipinski definition) is 4. The van der Waals surface area contributed by atoms with E-state index in [0.717, 1.165) is 5.76 Å². The normalized spacial score (nSPS) is 10.9. The second-order valence-corrected chi connectivity index (χ2v) is 5.45. The third-order valence-corrected chi connectivity index (χ3v) is 3.49. The minimum Gasteiger partial charge on any atom is -0.482 e. The molecule has 1 amide bonds. The Morgan fingerprint density at radius 1 is 1.27 bits per heavy atom. The number of benzene rings is 1. The molecule has 0 bridgehead atoms. The van der Waals surface area contributed by atoms with Crippen LogP contribution in [-0.4, -0.2) is 18.7 Å². The quantitative estimate of drug-likeness (QED) is 0.496. The standard InChI is InChI=1S/C14H11Cl3N2O3/c1-8-2-3-9(22-8)6-18-19-14(20)7-21-13-5-11(16)10(15)4-12(13)17/h2-6H,7H2,1H3,(H,19,20)/b18-6+. The summed E-state index contributed by atoms with van der Waals surface area (Å²) in [5.74, 6) is 1.09. The number of hydrogen-bond donors (Lipinski definition) is 1. The van der Waals surface area contributed by atoms with Gasteiger partial charge in [0.25, 0.3) is 5.91 Å². The SMILES string of the molecule is Cc1ccc(/C=N/NC(=O)COc2cc(Cl)c(Cl)cc2Cl)o1. The predicted molar refractivity (Wildman–Crippen MR) is 86.1 cm³/mol. The predicted octanol–water partition coefficient (Wildman–Crippen LogP) is 4.08. The Bertz CT molecular complexity index is 713. The first-order chi connectivity index (χ1) is 10.5. The first-order valence-corrected chi connectivity index (χ1v) is 7.25. The number of carbonyl (C=O) groups excluding carboxylic acids is 1. The van der Waals surface area contributed by atoms with Gasteiger partial charge < -0.3 is 9.15 Å². The van der Waals surface area contributed by atoms with Crippen LogP contribution in [0.3, 0.4) is 0 Å². The van der Waals surface area contributed by atoms with Crippen molar-refractivity contribution in [3.05, 3.63) is 50.9 Å².